The molecule has 0 N–H and O–H groups in total. The van der Waals surface area contributed by atoms with E-state index in [0.29, 0.717) is 25.6 Å². The molecular formula is C20H32N2O3. The normalized spacial score (nSPS) is 30.2. The highest BCUT2D eigenvalue weighted by Crippen LogP contribution is 2.35. The van der Waals surface area contributed by atoms with Gasteiger partial charge in [-0.05, 0) is 38.5 Å². The van der Waals surface area contributed by atoms with Crippen LogP contribution < -0.4 is 0 Å². The smallest absolute Gasteiger partial charge is 0.227 e. The highest BCUT2D eigenvalue weighted by Gasteiger charge is 2.42. The van der Waals surface area contributed by atoms with Crippen molar-refractivity contribution in [2.75, 3.05) is 32.8 Å². The molecule has 1 atom stereocenters. The molecule has 5 nitrogen and oxygen atoms in total. The zero-order valence-electron chi connectivity index (χ0n) is 15.4. The lowest BCUT2D eigenvalue weighted by molar-refractivity contribution is -0.159. The van der Waals surface area contributed by atoms with E-state index in [2.05, 4.69) is 4.90 Å². The van der Waals surface area contributed by atoms with Gasteiger partial charge in [-0.2, -0.15) is 0 Å². The van der Waals surface area contributed by atoms with Crippen LogP contribution in [0.5, 0.6) is 0 Å². The maximum absolute atomic E-state index is 13.2. The topological polar surface area (TPSA) is 49.9 Å². The van der Waals surface area contributed by atoms with Crippen LogP contribution in [0.25, 0.3) is 0 Å². The van der Waals surface area contributed by atoms with Crippen LogP contribution in [0, 0.1) is 11.8 Å². The van der Waals surface area contributed by atoms with Crippen molar-refractivity contribution < 1.29 is 14.3 Å². The Hall–Kier alpha value is -1.10. The molecule has 140 valence electrons. The third-order valence-corrected chi connectivity index (χ3v) is 6.58. The van der Waals surface area contributed by atoms with E-state index in [1.54, 1.807) is 0 Å². The van der Waals surface area contributed by atoms with E-state index in [1.807, 2.05) is 4.90 Å². The Kier molecular flexibility index (Phi) is 5.03. The molecule has 2 aliphatic carbocycles. The number of amides is 2. The fourth-order valence-electron chi connectivity index (χ4n) is 4.93. The molecule has 2 aliphatic heterocycles. The number of hydrogen-bond acceptors (Lipinski definition) is 3. The van der Waals surface area contributed by atoms with E-state index in [-0.39, 0.29) is 23.3 Å². The summed E-state index contributed by atoms with van der Waals surface area (Å²) in [4.78, 5) is 29.5. The summed E-state index contributed by atoms with van der Waals surface area (Å²) in [5.41, 5.74) is -0.0946. The first-order valence-electron chi connectivity index (χ1n) is 10.4. The fraction of sp³-hybridized carbons (Fsp3) is 0.900. The molecule has 0 aromatic carbocycles. The largest absolute Gasteiger partial charge is 0.371 e. The molecule has 1 spiro atoms. The van der Waals surface area contributed by atoms with Crippen molar-refractivity contribution in [1.82, 2.24) is 9.80 Å². The Bertz CT molecular complexity index is 509. The average molecular weight is 348 g/mol. The Labute approximate surface area is 151 Å². The van der Waals surface area contributed by atoms with E-state index in [4.69, 9.17) is 4.74 Å². The van der Waals surface area contributed by atoms with Gasteiger partial charge in [0.25, 0.3) is 0 Å². The molecule has 0 bridgehead atoms. The lowest BCUT2D eigenvalue weighted by atomic mass is 9.90. The second kappa shape index (κ2) is 7.26. The molecule has 5 heteroatoms. The van der Waals surface area contributed by atoms with Gasteiger partial charge < -0.3 is 14.5 Å². The Balaban J connectivity index is 1.38. The molecule has 4 fully saturated rings. The summed E-state index contributed by atoms with van der Waals surface area (Å²) in [6.07, 6.45) is 11.2. The molecular weight excluding hydrogens is 316 g/mol. The molecule has 2 amide bonds. The van der Waals surface area contributed by atoms with Crippen LogP contribution in [0.2, 0.25) is 0 Å². The molecule has 0 radical (unpaired) electrons. The van der Waals surface area contributed by atoms with Crippen molar-refractivity contribution in [2.24, 2.45) is 11.8 Å². The molecule has 2 saturated carbocycles. The predicted molar refractivity (Wildman–Crippen MR) is 95.0 cm³/mol. The molecule has 2 saturated heterocycles. The number of rotatable bonds is 2. The number of carbonyl (C=O) groups is 2. The zero-order valence-corrected chi connectivity index (χ0v) is 15.4. The molecule has 0 aromatic heterocycles. The third-order valence-electron chi connectivity index (χ3n) is 6.58. The van der Waals surface area contributed by atoms with E-state index in [9.17, 15) is 9.59 Å². The van der Waals surface area contributed by atoms with E-state index < -0.39 is 0 Å². The minimum Gasteiger partial charge on any atom is -0.371 e. The Morgan fingerprint density at radius 3 is 2.24 bits per heavy atom. The Morgan fingerprint density at radius 1 is 0.800 bits per heavy atom. The lowest BCUT2D eigenvalue weighted by Crippen LogP contribution is -2.56. The lowest BCUT2D eigenvalue weighted by Gasteiger charge is -2.44. The number of likely N-dealkylation sites (tertiary alicyclic amines) is 1. The summed E-state index contributed by atoms with van der Waals surface area (Å²) >= 11 is 0. The summed E-state index contributed by atoms with van der Waals surface area (Å²) < 4.78 is 6.19. The van der Waals surface area contributed by atoms with Crippen LogP contribution in [-0.4, -0.2) is 60.0 Å². The van der Waals surface area contributed by atoms with Crippen LogP contribution in [0.1, 0.15) is 64.2 Å². The second-order valence-corrected chi connectivity index (χ2v) is 8.60. The van der Waals surface area contributed by atoms with Gasteiger partial charge in [-0.1, -0.05) is 25.7 Å². The van der Waals surface area contributed by atoms with Gasteiger partial charge in [-0.15, -0.1) is 0 Å². The molecule has 4 rings (SSSR count). The van der Waals surface area contributed by atoms with Crippen molar-refractivity contribution >= 4 is 11.8 Å². The van der Waals surface area contributed by atoms with Crippen molar-refractivity contribution in [3.05, 3.63) is 0 Å². The molecule has 4 aliphatic rings. The van der Waals surface area contributed by atoms with Gasteiger partial charge in [-0.25, -0.2) is 0 Å². The van der Waals surface area contributed by atoms with Gasteiger partial charge in [0.1, 0.15) is 0 Å². The SMILES string of the molecule is O=C(C1CC1)N1CCC[C@@H](C(=O)N2CCOC3(CCCCCC3)C2)C1. The maximum atomic E-state index is 13.2. The summed E-state index contributed by atoms with van der Waals surface area (Å²) in [5, 5.41) is 0. The molecule has 0 aromatic rings. The number of ether oxygens (including phenoxy) is 1. The molecule has 2 heterocycles. The number of carbonyl (C=O) groups excluding carboxylic acids is 2. The van der Waals surface area contributed by atoms with Crippen LogP contribution in [0.3, 0.4) is 0 Å². The molecule has 25 heavy (non-hydrogen) atoms. The van der Waals surface area contributed by atoms with Crippen LogP contribution >= 0.6 is 0 Å². The third kappa shape index (κ3) is 3.86. The summed E-state index contributed by atoms with van der Waals surface area (Å²) in [6.45, 7) is 3.63. The van der Waals surface area contributed by atoms with E-state index in [0.717, 1.165) is 51.6 Å². The first-order chi connectivity index (χ1) is 12.2. The Morgan fingerprint density at radius 2 is 1.52 bits per heavy atom. The van der Waals surface area contributed by atoms with Crippen LogP contribution in [0.15, 0.2) is 0 Å². The predicted octanol–water partition coefficient (Wildman–Crippen LogP) is 2.59. The highest BCUT2D eigenvalue weighted by atomic mass is 16.5. The summed E-state index contributed by atoms with van der Waals surface area (Å²) in [7, 11) is 0. The maximum Gasteiger partial charge on any atom is 0.227 e. The highest BCUT2D eigenvalue weighted by molar-refractivity contribution is 5.83. The second-order valence-electron chi connectivity index (χ2n) is 8.60. The van der Waals surface area contributed by atoms with E-state index >= 15 is 0 Å². The molecule has 0 unspecified atom stereocenters. The van der Waals surface area contributed by atoms with Gasteiger partial charge in [0.05, 0.1) is 18.1 Å². The van der Waals surface area contributed by atoms with E-state index in [1.165, 1.54) is 25.7 Å². The van der Waals surface area contributed by atoms with Crippen molar-refractivity contribution in [2.45, 2.75) is 69.8 Å². The van der Waals surface area contributed by atoms with Crippen molar-refractivity contribution in [1.29, 1.82) is 0 Å². The average Bonchev–Trinajstić information content (AvgIpc) is 3.49. The van der Waals surface area contributed by atoms with Crippen molar-refractivity contribution in [3.8, 4) is 0 Å². The minimum atomic E-state index is -0.0946. The van der Waals surface area contributed by atoms with Gasteiger partial charge in [0, 0.05) is 32.1 Å². The summed E-state index contributed by atoms with van der Waals surface area (Å²) in [5.74, 6) is 0.809. The first-order valence-corrected chi connectivity index (χ1v) is 10.4. The van der Waals surface area contributed by atoms with Gasteiger partial charge in [0.2, 0.25) is 11.8 Å². The number of morpholine rings is 1. The first kappa shape index (κ1) is 17.3. The zero-order chi connectivity index (χ0) is 17.3. The van der Waals surface area contributed by atoms with Gasteiger partial charge >= 0.3 is 0 Å². The van der Waals surface area contributed by atoms with Crippen LogP contribution in [0.4, 0.5) is 0 Å². The van der Waals surface area contributed by atoms with Gasteiger partial charge in [-0.3, -0.25) is 9.59 Å². The van der Waals surface area contributed by atoms with Crippen LogP contribution in [-0.2, 0) is 14.3 Å². The van der Waals surface area contributed by atoms with Gasteiger partial charge in [0.15, 0.2) is 0 Å². The number of nitrogens with zero attached hydrogens (tertiary/aromatic N) is 2. The quantitative estimate of drug-likeness (QED) is 0.771. The number of hydrogen-bond donors (Lipinski definition) is 0. The fourth-order valence-corrected chi connectivity index (χ4v) is 4.93. The van der Waals surface area contributed by atoms with Crippen molar-refractivity contribution in [3.63, 3.8) is 0 Å². The number of piperidine rings is 1. The summed E-state index contributed by atoms with van der Waals surface area (Å²) in [6, 6.07) is 0. The standard InChI is InChI=1S/C20H32N2O3/c23-18(16-7-8-16)21-11-5-6-17(14-21)19(24)22-12-13-25-20(15-22)9-3-1-2-4-10-20/h16-17H,1-15H2/t17-/m1/s1. The monoisotopic (exact) mass is 348 g/mol. The minimum absolute atomic E-state index is 0.00243.